The van der Waals surface area contributed by atoms with Crippen molar-refractivity contribution >= 4 is 0 Å². The Hall–Kier alpha value is -1.97. The zero-order chi connectivity index (χ0) is 11.8. The highest BCUT2D eigenvalue weighted by atomic mass is 19.1. The molecule has 1 N–H and O–H groups in total. The monoisotopic (exact) mass is 230 g/mol. The van der Waals surface area contributed by atoms with Gasteiger partial charge in [-0.15, -0.1) is 0 Å². The van der Waals surface area contributed by atoms with Crippen LogP contribution < -0.4 is 5.69 Å². The van der Waals surface area contributed by atoms with Gasteiger partial charge in [0.25, 0.3) is 0 Å². The van der Waals surface area contributed by atoms with Crippen LogP contribution in [0.25, 0.3) is 11.3 Å². The lowest BCUT2D eigenvalue weighted by Crippen LogP contribution is -2.11. The third-order valence-electron chi connectivity index (χ3n) is 3.15. The summed E-state index contributed by atoms with van der Waals surface area (Å²) >= 11 is 0. The average molecular weight is 230 g/mol. The van der Waals surface area contributed by atoms with Gasteiger partial charge in [0, 0.05) is 5.56 Å². The Morgan fingerprint density at radius 3 is 2.94 bits per heavy atom. The first-order valence-corrected chi connectivity index (χ1v) is 5.61. The Kier molecular flexibility index (Phi) is 2.28. The molecule has 3 rings (SSSR count). The molecule has 1 aliphatic rings. The Bertz CT molecular complexity index is 634. The molecule has 0 saturated carbocycles. The van der Waals surface area contributed by atoms with Crippen LogP contribution in [-0.2, 0) is 12.8 Å². The molecule has 4 heteroatoms. The van der Waals surface area contributed by atoms with Crippen LogP contribution in [0.2, 0.25) is 0 Å². The lowest BCUT2D eigenvalue weighted by molar-refractivity contribution is 0.615. The molecule has 3 nitrogen and oxygen atoms in total. The van der Waals surface area contributed by atoms with Crippen molar-refractivity contribution in [2.45, 2.75) is 19.3 Å². The van der Waals surface area contributed by atoms with Gasteiger partial charge in [0.2, 0.25) is 0 Å². The van der Waals surface area contributed by atoms with Crippen LogP contribution in [0.1, 0.15) is 17.5 Å². The van der Waals surface area contributed by atoms with Gasteiger partial charge in [0.05, 0.1) is 11.9 Å². The minimum Gasteiger partial charge on any atom is -0.303 e. The summed E-state index contributed by atoms with van der Waals surface area (Å²) in [4.78, 5) is 16.9. The molecule has 1 aromatic carbocycles. The molecule has 0 unspecified atom stereocenters. The van der Waals surface area contributed by atoms with Gasteiger partial charge in [0.15, 0.2) is 5.82 Å². The molecule has 86 valence electrons. The second kappa shape index (κ2) is 3.80. The molecule has 0 atom stereocenters. The molecule has 0 amide bonds. The van der Waals surface area contributed by atoms with Gasteiger partial charge < -0.3 is 4.98 Å². The smallest absolute Gasteiger partial charge is 0.303 e. The first kappa shape index (κ1) is 10.2. The highest BCUT2D eigenvalue weighted by Crippen LogP contribution is 2.27. The van der Waals surface area contributed by atoms with E-state index in [4.69, 9.17) is 0 Å². The Morgan fingerprint density at radius 1 is 1.24 bits per heavy atom. The molecular weight excluding hydrogens is 219 g/mol. The Balaban J connectivity index is 2.15. The number of halogens is 1. The van der Waals surface area contributed by atoms with Gasteiger partial charge in [-0.25, -0.2) is 9.18 Å². The fraction of sp³-hybridized carbons (Fsp3) is 0.231. The number of fused-ring (bicyclic) bond motifs is 1. The largest absolute Gasteiger partial charge is 0.345 e. The molecule has 17 heavy (non-hydrogen) atoms. The second-order valence-electron chi connectivity index (χ2n) is 4.25. The van der Waals surface area contributed by atoms with E-state index in [1.54, 1.807) is 0 Å². The molecule has 0 aliphatic heterocycles. The van der Waals surface area contributed by atoms with Crippen LogP contribution in [0.3, 0.4) is 0 Å². The van der Waals surface area contributed by atoms with Crippen LogP contribution in [-0.4, -0.2) is 9.97 Å². The van der Waals surface area contributed by atoms with Gasteiger partial charge >= 0.3 is 5.69 Å². The molecule has 1 aromatic heterocycles. The van der Waals surface area contributed by atoms with E-state index >= 15 is 0 Å². The number of H-pyrrole nitrogens is 1. The minimum atomic E-state index is -0.526. The maximum Gasteiger partial charge on any atom is 0.345 e. The number of nitrogens with zero attached hydrogens (tertiary/aromatic N) is 1. The lowest BCUT2D eigenvalue weighted by Gasteiger charge is -2.05. The zero-order valence-corrected chi connectivity index (χ0v) is 9.16. The third kappa shape index (κ3) is 1.75. The van der Waals surface area contributed by atoms with Crippen molar-refractivity contribution in [1.29, 1.82) is 0 Å². The van der Waals surface area contributed by atoms with Crippen molar-refractivity contribution in [3.05, 3.63) is 51.8 Å². The van der Waals surface area contributed by atoms with E-state index in [1.807, 2.05) is 18.2 Å². The van der Waals surface area contributed by atoms with Crippen molar-refractivity contribution in [2.24, 2.45) is 0 Å². The predicted molar refractivity (Wildman–Crippen MR) is 62.3 cm³/mol. The SMILES string of the molecule is O=c1ncc(F)c(-c2ccc3c(c2)CCC3)[nH]1. The fourth-order valence-electron chi connectivity index (χ4n) is 2.32. The van der Waals surface area contributed by atoms with Gasteiger partial charge in [-0.1, -0.05) is 12.1 Å². The molecule has 1 heterocycles. The number of hydrogen-bond acceptors (Lipinski definition) is 2. The Morgan fingerprint density at radius 2 is 2.06 bits per heavy atom. The van der Waals surface area contributed by atoms with Gasteiger partial charge in [-0.2, -0.15) is 4.98 Å². The molecular formula is C13H11FN2O. The van der Waals surface area contributed by atoms with E-state index < -0.39 is 11.5 Å². The second-order valence-corrected chi connectivity index (χ2v) is 4.25. The fourth-order valence-corrected chi connectivity index (χ4v) is 2.32. The number of nitrogens with one attached hydrogen (secondary N) is 1. The maximum atomic E-state index is 13.6. The highest BCUT2D eigenvalue weighted by molar-refractivity contribution is 5.61. The van der Waals surface area contributed by atoms with Crippen molar-refractivity contribution in [3.63, 3.8) is 0 Å². The molecule has 0 fully saturated rings. The summed E-state index contributed by atoms with van der Waals surface area (Å²) in [6, 6.07) is 5.81. The average Bonchev–Trinajstić information content (AvgIpc) is 2.79. The van der Waals surface area contributed by atoms with Gasteiger partial charge in [-0.05, 0) is 36.5 Å². The van der Waals surface area contributed by atoms with E-state index in [0.717, 1.165) is 25.5 Å². The first-order chi connectivity index (χ1) is 8.24. The quantitative estimate of drug-likeness (QED) is 0.815. The number of benzene rings is 1. The highest BCUT2D eigenvalue weighted by Gasteiger charge is 2.13. The summed E-state index contributed by atoms with van der Waals surface area (Å²) in [5.41, 5.74) is 2.98. The van der Waals surface area contributed by atoms with E-state index in [0.29, 0.717) is 5.56 Å². The maximum absolute atomic E-state index is 13.6. The standard InChI is InChI=1S/C13H11FN2O/c14-11-7-15-13(17)16-12(11)10-5-4-8-2-1-3-9(8)6-10/h4-7H,1-3H2,(H,15,16,17). The summed E-state index contributed by atoms with van der Waals surface area (Å²) < 4.78 is 13.6. The molecule has 2 aromatic rings. The number of aromatic nitrogens is 2. The number of aromatic amines is 1. The van der Waals surface area contributed by atoms with Crippen molar-refractivity contribution < 1.29 is 4.39 Å². The zero-order valence-electron chi connectivity index (χ0n) is 9.16. The molecule has 0 radical (unpaired) electrons. The van der Waals surface area contributed by atoms with Crippen molar-refractivity contribution in [3.8, 4) is 11.3 Å². The van der Waals surface area contributed by atoms with Gasteiger partial charge in [-0.3, -0.25) is 0 Å². The molecule has 0 bridgehead atoms. The third-order valence-corrected chi connectivity index (χ3v) is 3.15. The van der Waals surface area contributed by atoms with Crippen LogP contribution >= 0.6 is 0 Å². The van der Waals surface area contributed by atoms with Crippen LogP contribution in [0, 0.1) is 5.82 Å². The number of aryl methyl sites for hydroxylation is 2. The van der Waals surface area contributed by atoms with Crippen LogP contribution in [0.4, 0.5) is 4.39 Å². The van der Waals surface area contributed by atoms with E-state index in [2.05, 4.69) is 9.97 Å². The normalized spacial score (nSPS) is 13.7. The summed E-state index contributed by atoms with van der Waals surface area (Å²) in [5, 5.41) is 0. The van der Waals surface area contributed by atoms with Crippen molar-refractivity contribution in [1.82, 2.24) is 9.97 Å². The first-order valence-electron chi connectivity index (χ1n) is 5.61. The Labute approximate surface area is 97.3 Å². The summed E-state index contributed by atoms with van der Waals surface area (Å²) in [6.45, 7) is 0. The minimum absolute atomic E-state index is 0.222. The summed E-state index contributed by atoms with van der Waals surface area (Å²) in [6.07, 6.45) is 4.22. The molecule has 1 aliphatic carbocycles. The van der Waals surface area contributed by atoms with Gasteiger partial charge in [0.1, 0.15) is 0 Å². The summed E-state index contributed by atoms with van der Waals surface area (Å²) in [7, 11) is 0. The molecule has 0 saturated heterocycles. The van der Waals surface area contributed by atoms with E-state index in [9.17, 15) is 9.18 Å². The van der Waals surface area contributed by atoms with Crippen LogP contribution in [0.5, 0.6) is 0 Å². The predicted octanol–water partition coefficient (Wildman–Crippen LogP) is 2.06. The summed E-state index contributed by atoms with van der Waals surface area (Å²) in [5.74, 6) is -0.498. The van der Waals surface area contributed by atoms with E-state index in [1.165, 1.54) is 11.1 Å². The van der Waals surface area contributed by atoms with Crippen LogP contribution in [0.15, 0.2) is 29.2 Å². The lowest BCUT2D eigenvalue weighted by atomic mass is 10.0. The van der Waals surface area contributed by atoms with Crippen molar-refractivity contribution in [2.75, 3.05) is 0 Å². The topological polar surface area (TPSA) is 45.8 Å². The molecule has 0 spiro atoms. The number of hydrogen-bond donors (Lipinski definition) is 1. The number of rotatable bonds is 1. The van der Waals surface area contributed by atoms with E-state index in [-0.39, 0.29) is 5.69 Å².